The van der Waals surface area contributed by atoms with Gasteiger partial charge in [-0.3, -0.25) is 9.59 Å². The first kappa shape index (κ1) is 30.5. The molecule has 39 heavy (non-hydrogen) atoms. The smallest absolute Gasteiger partial charge is 0.295 e. The fourth-order valence-electron chi connectivity index (χ4n) is 5.47. The average molecular weight is 534 g/mol. The lowest BCUT2D eigenvalue weighted by atomic mass is 9.95. The molecule has 5 nitrogen and oxygen atoms in total. The highest BCUT2D eigenvalue weighted by molar-refractivity contribution is 6.46. The van der Waals surface area contributed by atoms with Crippen LogP contribution in [-0.4, -0.2) is 35.4 Å². The molecule has 0 saturated carbocycles. The number of ether oxygens (including phenoxy) is 1. The lowest BCUT2D eigenvalue weighted by Gasteiger charge is -2.25. The van der Waals surface area contributed by atoms with E-state index in [-0.39, 0.29) is 11.3 Å². The van der Waals surface area contributed by atoms with Crippen molar-refractivity contribution in [1.82, 2.24) is 4.90 Å². The quantitative estimate of drug-likeness (QED) is 0.0901. The minimum absolute atomic E-state index is 0.127. The second-order valence-corrected chi connectivity index (χ2v) is 10.7. The van der Waals surface area contributed by atoms with Crippen molar-refractivity contribution in [1.29, 1.82) is 0 Å². The minimum atomic E-state index is -0.623. The van der Waals surface area contributed by atoms with E-state index in [0.29, 0.717) is 17.9 Å². The highest BCUT2D eigenvalue weighted by Crippen LogP contribution is 2.40. The van der Waals surface area contributed by atoms with Crippen LogP contribution in [0, 0.1) is 0 Å². The Morgan fingerprint density at radius 2 is 1.26 bits per heavy atom. The molecule has 0 aromatic heterocycles. The van der Waals surface area contributed by atoms with Gasteiger partial charge in [-0.25, -0.2) is 0 Å². The number of methoxy groups -OCH3 is 1. The van der Waals surface area contributed by atoms with Crippen molar-refractivity contribution in [3.05, 3.63) is 71.3 Å². The number of ketones is 1. The number of benzene rings is 2. The summed E-state index contributed by atoms with van der Waals surface area (Å²) in [5, 5.41) is 11.1. The third-order valence-electron chi connectivity index (χ3n) is 7.77. The van der Waals surface area contributed by atoms with E-state index in [9.17, 15) is 14.7 Å². The van der Waals surface area contributed by atoms with Gasteiger partial charge in [0.25, 0.3) is 11.7 Å². The number of rotatable bonds is 18. The van der Waals surface area contributed by atoms with Crippen LogP contribution in [0.2, 0.25) is 0 Å². The zero-order chi connectivity index (χ0) is 27.9. The third kappa shape index (κ3) is 8.98. The molecule has 212 valence electrons. The number of carbonyl (C=O) groups excluding carboxylic acids is 2. The zero-order valence-corrected chi connectivity index (χ0v) is 24.0. The Balaban J connectivity index is 1.52. The molecule has 2 aromatic carbocycles. The number of hydrogen-bond acceptors (Lipinski definition) is 4. The zero-order valence-electron chi connectivity index (χ0n) is 24.0. The first-order valence-corrected chi connectivity index (χ1v) is 15.1. The Morgan fingerprint density at radius 1 is 0.744 bits per heavy atom. The molecule has 1 fully saturated rings. The highest BCUT2D eigenvalue weighted by Gasteiger charge is 2.45. The maximum atomic E-state index is 13.2. The molecule has 1 amide bonds. The van der Waals surface area contributed by atoms with Gasteiger partial charge in [-0.1, -0.05) is 133 Å². The number of aliphatic hydroxyl groups is 1. The van der Waals surface area contributed by atoms with E-state index in [0.717, 1.165) is 24.8 Å². The Hall–Kier alpha value is -3.08. The molecule has 0 bridgehead atoms. The molecular weight excluding hydrogens is 486 g/mol. The highest BCUT2D eigenvalue weighted by atomic mass is 16.5. The van der Waals surface area contributed by atoms with Gasteiger partial charge in [-0.05, 0) is 24.1 Å². The third-order valence-corrected chi connectivity index (χ3v) is 7.77. The van der Waals surface area contributed by atoms with Gasteiger partial charge in [0.2, 0.25) is 0 Å². The molecule has 1 N–H and O–H groups in total. The van der Waals surface area contributed by atoms with Gasteiger partial charge in [0.15, 0.2) is 0 Å². The molecule has 1 atom stereocenters. The maximum Gasteiger partial charge on any atom is 0.295 e. The van der Waals surface area contributed by atoms with Crippen LogP contribution >= 0.6 is 0 Å². The maximum absolute atomic E-state index is 13.2. The summed E-state index contributed by atoms with van der Waals surface area (Å²) in [6, 6.07) is 15.7. The molecule has 1 heterocycles. The lowest BCUT2D eigenvalue weighted by Crippen LogP contribution is -2.30. The Morgan fingerprint density at radius 3 is 1.77 bits per heavy atom. The predicted molar refractivity (Wildman–Crippen MR) is 159 cm³/mol. The van der Waals surface area contributed by atoms with Gasteiger partial charge >= 0.3 is 0 Å². The van der Waals surface area contributed by atoms with Gasteiger partial charge in [0.05, 0.1) is 18.7 Å². The second-order valence-electron chi connectivity index (χ2n) is 10.7. The number of likely N-dealkylation sites (tertiary alicyclic amines) is 1. The number of unbranched alkanes of at least 4 members (excludes halogenated alkanes) is 13. The van der Waals surface area contributed by atoms with Crippen molar-refractivity contribution >= 4 is 17.4 Å². The summed E-state index contributed by atoms with van der Waals surface area (Å²) in [4.78, 5) is 27.9. The standard InChI is InChI=1S/C34H47NO4/c1-3-4-5-6-7-8-9-10-11-12-13-14-15-19-26-35-31(27-22-24-29(39-2)25-23-27)30(33(37)34(35)38)32(36)28-20-17-16-18-21-28/h16-18,20-25,31,36H,3-15,19,26H2,1-2H3/b32-30+/t31-/m1/s1. The average Bonchev–Trinajstić information content (AvgIpc) is 3.22. The number of nitrogens with zero attached hydrogens (tertiary/aromatic N) is 1. The Labute approximate surface area is 235 Å². The number of hydrogen-bond donors (Lipinski definition) is 1. The van der Waals surface area contributed by atoms with Crippen LogP contribution in [0.25, 0.3) is 5.76 Å². The van der Waals surface area contributed by atoms with Crippen molar-refractivity contribution in [2.24, 2.45) is 0 Å². The van der Waals surface area contributed by atoms with Crippen LogP contribution in [0.15, 0.2) is 60.2 Å². The van der Waals surface area contributed by atoms with Crippen molar-refractivity contribution in [2.45, 2.75) is 103 Å². The SMILES string of the molecule is CCCCCCCCCCCCCCCCN1C(=O)C(=O)/C(=C(/O)c2ccccc2)[C@H]1c1ccc(OC)cc1. The van der Waals surface area contributed by atoms with Crippen LogP contribution < -0.4 is 4.74 Å². The van der Waals surface area contributed by atoms with Crippen molar-refractivity contribution < 1.29 is 19.4 Å². The fraction of sp³-hybridized carbons (Fsp3) is 0.529. The molecule has 0 spiro atoms. The number of aliphatic hydroxyl groups excluding tert-OH is 1. The summed E-state index contributed by atoms with van der Waals surface area (Å²) in [5.74, 6) is -0.588. The molecule has 1 aliphatic rings. The van der Waals surface area contributed by atoms with Crippen LogP contribution in [0.1, 0.15) is 114 Å². The van der Waals surface area contributed by atoms with E-state index in [2.05, 4.69) is 6.92 Å². The lowest BCUT2D eigenvalue weighted by molar-refractivity contribution is -0.139. The summed E-state index contributed by atoms with van der Waals surface area (Å²) in [6.07, 6.45) is 17.7. The van der Waals surface area contributed by atoms with Gasteiger partial charge in [0.1, 0.15) is 11.5 Å². The number of amides is 1. The van der Waals surface area contributed by atoms with E-state index < -0.39 is 17.7 Å². The molecule has 3 rings (SSSR count). The molecule has 2 aromatic rings. The number of carbonyl (C=O) groups is 2. The van der Waals surface area contributed by atoms with E-state index in [1.807, 2.05) is 42.5 Å². The van der Waals surface area contributed by atoms with E-state index in [4.69, 9.17) is 4.74 Å². The summed E-state index contributed by atoms with van der Waals surface area (Å²) < 4.78 is 5.29. The molecule has 0 unspecified atom stereocenters. The topological polar surface area (TPSA) is 66.8 Å². The molecular formula is C34H47NO4. The van der Waals surface area contributed by atoms with E-state index in [1.165, 1.54) is 70.6 Å². The second kappa shape index (κ2) is 16.8. The molecule has 1 aliphatic heterocycles. The molecule has 5 heteroatoms. The fourth-order valence-corrected chi connectivity index (χ4v) is 5.47. The molecule has 0 aliphatic carbocycles. The monoisotopic (exact) mass is 533 g/mol. The van der Waals surface area contributed by atoms with Gasteiger partial charge in [-0.2, -0.15) is 0 Å². The van der Waals surface area contributed by atoms with E-state index in [1.54, 1.807) is 24.1 Å². The normalized spacial score (nSPS) is 16.7. The van der Waals surface area contributed by atoms with Gasteiger partial charge in [-0.15, -0.1) is 0 Å². The van der Waals surface area contributed by atoms with Crippen molar-refractivity contribution in [3.8, 4) is 5.75 Å². The van der Waals surface area contributed by atoms with Crippen LogP contribution in [0.4, 0.5) is 0 Å². The van der Waals surface area contributed by atoms with Crippen molar-refractivity contribution in [2.75, 3.05) is 13.7 Å². The summed E-state index contributed by atoms with van der Waals surface area (Å²) in [5.41, 5.74) is 1.48. The Kier molecular flexibility index (Phi) is 13.1. The number of Topliss-reactive ketones (excluding diaryl/α,β-unsaturated/α-hetero) is 1. The van der Waals surface area contributed by atoms with Crippen molar-refractivity contribution in [3.63, 3.8) is 0 Å². The summed E-state index contributed by atoms with van der Waals surface area (Å²) in [7, 11) is 1.60. The predicted octanol–water partition coefficient (Wildman–Crippen LogP) is 8.60. The van der Waals surface area contributed by atoms with Gasteiger partial charge in [0, 0.05) is 12.1 Å². The first-order valence-electron chi connectivity index (χ1n) is 15.1. The largest absolute Gasteiger partial charge is 0.507 e. The molecule has 0 radical (unpaired) electrons. The van der Waals surface area contributed by atoms with Gasteiger partial charge < -0.3 is 14.7 Å². The minimum Gasteiger partial charge on any atom is -0.507 e. The molecule has 1 saturated heterocycles. The summed E-state index contributed by atoms with van der Waals surface area (Å²) in [6.45, 7) is 2.75. The van der Waals surface area contributed by atoms with E-state index >= 15 is 0 Å². The first-order chi connectivity index (χ1) is 19.1. The summed E-state index contributed by atoms with van der Waals surface area (Å²) >= 11 is 0. The Bertz CT molecular complexity index is 1040. The van der Waals surface area contributed by atoms with Crippen LogP contribution in [0.5, 0.6) is 5.75 Å². The van der Waals surface area contributed by atoms with Crippen LogP contribution in [-0.2, 0) is 9.59 Å². The van der Waals surface area contributed by atoms with Crippen LogP contribution in [0.3, 0.4) is 0 Å².